The summed E-state index contributed by atoms with van der Waals surface area (Å²) in [6.07, 6.45) is 5.46. The van der Waals surface area contributed by atoms with Gasteiger partial charge in [-0.05, 0) is 44.9 Å². The number of anilines is 1. The number of fused-ring (bicyclic) bond motifs is 1. The van der Waals surface area contributed by atoms with E-state index in [0.717, 1.165) is 30.8 Å². The first kappa shape index (κ1) is 18.5. The number of hydrogen-bond donors (Lipinski definition) is 1. The molecule has 1 aliphatic carbocycles. The number of pyridine rings is 1. The largest absolute Gasteiger partial charge is 0.319 e. The van der Waals surface area contributed by atoms with Crippen LogP contribution >= 0.6 is 0 Å². The number of aromatic nitrogens is 5. The van der Waals surface area contributed by atoms with Crippen LogP contribution in [0.3, 0.4) is 0 Å². The van der Waals surface area contributed by atoms with Gasteiger partial charge in [0, 0.05) is 24.4 Å². The average Bonchev–Trinajstić information content (AvgIpc) is 3.42. The fourth-order valence-corrected chi connectivity index (χ4v) is 3.59. The van der Waals surface area contributed by atoms with Crippen LogP contribution in [-0.4, -0.2) is 30.5 Å². The zero-order valence-electron chi connectivity index (χ0n) is 16.8. The number of nitrogens with one attached hydrogen (secondary N) is 1. The molecule has 3 aromatic heterocycles. The van der Waals surface area contributed by atoms with Gasteiger partial charge in [-0.25, -0.2) is 14.1 Å². The summed E-state index contributed by atoms with van der Waals surface area (Å²) < 4.78 is 17.6. The summed E-state index contributed by atoms with van der Waals surface area (Å²) in [6, 6.07) is 8.25. The van der Waals surface area contributed by atoms with Gasteiger partial charge in [-0.3, -0.25) is 9.48 Å². The Morgan fingerprint density at radius 2 is 2.10 bits per heavy atom. The molecular formula is C22H21FN6O. The molecular weight excluding hydrogens is 383 g/mol. The third-order valence-electron chi connectivity index (χ3n) is 5.40. The van der Waals surface area contributed by atoms with E-state index in [1.165, 1.54) is 10.7 Å². The minimum absolute atomic E-state index is 0.254. The summed E-state index contributed by atoms with van der Waals surface area (Å²) in [5.41, 5.74) is 3.52. The monoisotopic (exact) mass is 404 g/mol. The first-order valence-electron chi connectivity index (χ1n) is 10.0. The van der Waals surface area contributed by atoms with Crippen LogP contribution in [0.15, 0.2) is 42.7 Å². The predicted octanol–water partition coefficient (Wildman–Crippen LogP) is 4.21. The van der Waals surface area contributed by atoms with Crippen LogP contribution in [0.4, 0.5) is 10.1 Å². The molecule has 1 saturated carbocycles. The van der Waals surface area contributed by atoms with Gasteiger partial charge in [-0.15, -0.1) is 0 Å². The van der Waals surface area contributed by atoms with Gasteiger partial charge in [0.05, 0.1) is 28.5 Å². The fraction of sp³-hybridized carbons (Fsp3) is 0.273. The normalized spacial score (nSPS) is 13.7. The third kappa shape index (κ3) is 3.14. The van der Waals surface area contributed by atoms with E-state index in [9.17, 15) is 9.18 Å². The van der Waals surface area contributed by atoms with Crippen LogP contribution in [0.1, 0.15) is 47.4 Å². The van der Waals surface area contributed by atoms with Crippen molar-refractivity contribution in [1.82, 2.24) is 24.5 Å². The highest BCUT2D eigenvalue weighted by molar-refractivity contribution is 6.12. The number of carbonyl (C=O) groups excluding carboxylic acids is 1. The molecule has 0 radical (unpaired) electrons. The van der Waals surface area contributed by atoms with Gasteiger partial charge in [-0.2, -0.15) is 10.2 Å². The summed E-state index contributed by atoms with van der Waals surface area (Å²) in [5, 5.41) is 12.3. The zero-order valence-corrected chi connectivity index (χ0v) is 16.8. The third-order valence-corrected chi connectivity index (χ3v) is 5.40. The maximum absolute atomic E-state index is 14.4. The number of benzene rings is 1. The summed E-state index contributed by atoms with van der Waals surface area (Å²) in [6.45, 7) is 4.57. The predicted molar refractivity (Wildman–Crippen MR) is 111 cm³/mol. The van der Waals surface area contributed by atoms with Crippen molar-refractivity contribution in [2.45, 2.75) is 39.2 Å². The first-order chi connectivity index (χ1) is 14.5. The maximum Gasteiger partial charge on any atom is 0.256 e. The van der Waals surface area contributed by atoms with Gasteiger partial charge in [0.2, 0.25) is 0 Å². The molecule has 1 amide bonds. The van der Waals surface area contributed by atoms with Crippen molar-refractivity contribution in [2.75, 3.05) is 5.32 Å². The SMILES string of the molecule is CCn1cc(NC(=O)c2cc(C3CC3)nc3c2cnn3-c2ccccc2F)c(C)n1. The van der Waals surface area contributed by atoms with Crippen molar-refractivity contribution >= 4 is 22.6 Å². The lowest BCUT2D eigenvalue weighted by molar-refractivity contribution is 0.102. The molecule has 7 nitrogen and oxygen atoms in total. The second kappa shape index (κ2) is 7.05. The van der Waals surface area contributed by atoms with Gasteiger partial charge in [0.25, 0.3) is 5.91 Å². The number of hydrogen-bond acceptors (Lipinski definition) is 4. The van der Waals surface area contributed by atoms with Crippen LogP contribution in [0.2, 0.25) is 0 Å². The Kier molecular flexibility index (Phi) is 4.34. The van der Waals surface area contributed by atoms with Crippen molar-refractivity contribution in [1.29, 1.82) is 0 Å². The molecule has 0 saturated heterocycles. The van der Waals surface area contributed by atoms with E-state index in [-0.39, 0.29) is 5.91 Å². The molecule has 8 heteroatoms. The molecule has 3 heterocycles. The van der Waals surface area contributed by atoms with Crippen molar-refractivity contribution in [2.24, 2.45) is 0 Å². The molecule has 0 aliphatic heterocycles. The molecule has 0 atom stereocenters. The van der Waals surface area contributed by atoms with E-state index >= 15 is 0 Å². The minimum atomic E-state index is -0.394. The van der Waals surface area contributed by atoms with E-state index in [1.807, 2.05) is 26.1 Å². The zero-order chi connectivity index (χ0) is 20.8. The van der Waals surface area contributed by atoms with E-state index in [0.29, 0.717) is 33.9 Å². The van der Waals surface area contributed by atoms with Crippen LogP contribution < -0.4 is 5.32 Å². The quantitative estimate of drug-likeness (QED) is 0.540. The lowest BCUT2D eigenvalue weighted by Crippen LogP contribution is -2.14. The molecule has 0 bridgehead atoms. The van der Waals surface area contributed by atoms with Crippen molar-refractivity contribution < 1.29 is 9.18 Å². The van der Waals surface area contributed by atoms with Gasteiger partial charge >= 0.3 is 0 Å². The highest BCUT2D eigenvalue weighted by Gasteiger charge is 2.28. The number of aryl methyl sites for hydroxylation is 2. The second-order valence-corrected chi connectivity index (χ2v) is 7.55. The number of carbonyl (C=O) groups is 1. The van der Waals surface area contributed by atoms with Gasteiger partial charge in [0.1, 0.15) is 11.5 Å². The molecule has 1 aromatic carbocycles. The first-order valence-corrected chi connectivity index (χ1v) is 10.0. The minimum Gasteiger partial charge on any atom is -0.319 e. The van der Waals surface area contributed by atoms with Crippen LogP contribution in [0.5, 0.6) is 0 Å². The summed E-state index contributed by atoms with van der Waals surface area (Å²) in [7, 11) is 0. The maximum atomic E-state index is 14.4. The van der Waals surface area contributed by atoms with Crippen LogP contribution in [-0.2, 0) is 6.54 Å². The smallest absolute Gasteiger partial charge is 0.256 e. The number of halogens is 1. The summed E-state index contributed by atoms with van der Waals surface area (Å²) >= 11 is 0. The number of amides is 1. The topological polar surface area (TPSA) is 77.6 Å². The van der Waals surface area contributed by atoms with E-state index in [1.54, 1.807) is 29.1 Å². The highest BCUT2D eigenvalue weighted by atomic mass is 19.1. The molecule has 5 rings (SSSR count). The average molecular weight is 404 g/mol. The standard InChI is InChI=1S/C22H21FN6O/c1-3-28-12-19(13(2)27-28)26-22(30)15-10-18(14-8-9-14)25-21-16(15)11-24-29(21)20-7-5-4-6-17(20)23/h4-7,10-12,14H,3,8-9H2,1-2H3,(H,26,30). The second-order valence-electron chi connectivity index (χ2n) is 7.55. The summed E-state index contributed by atoms with van der Waals surface area (Å²) in [5.74, 6) is -0.319. The van der Waals surface area contributed by atoms with Crippen molar-refractivity contribution in [3.63, 3.8) is 0 Å². The van der Waals surface area contributed by atoms with Crippen LogP contribution in [0.25, 0.3) is 16.7 Å². The molecule has 0 unspecified atom stereocenters. The Hall–Kier alpha value is -3.55. The highest BCUT2D eigenvalue weighted by Crippen LogP contribution is 2.40. The Morgan fingerprint density at radius 1 is 1.30 bits per heavy atom. The molecule has 1 fully saturated rings. The van der Waals surface area contributed by atoms with Crippen molar-refractivity contribution in [3.8, 4) is 5.69 Å². The number of rotatable bonds is 5. The number of para-hydroxylation sites is 1. The van der Waals surface area contributed by atoms with Gasteiger partial charge in [-0.1, -0.05) is 12.1 Å². The molecule has 1 aliphatic rings. The fourth-order valence-electron chi connectivity index (χ4n) is 3.59. The lowest BCUT2D eigenvalue weighted by Gasteiger charge is -2.09. The van der Waals surface area contributed by atoms with Gasteiger partial charge in [0.15, 0.2) is 5.65 Å². The van der Waals surface area contributed by atoms with E-state index in [2.05, 4.69) is 15.5 Å². The Morgan fingerprint density at radius 3 is 2.80 bits per heavy atom. The Labute approximate surface area is 172 Å². The van der Waals surface area contributed by atoms with Gasteiger partial charge < -0.3 is 5.32 Å². The lowest BCUT2D eigenvalue weighted by atomic mass is 10.1. The molecule has 4 aromatic rings. The molecule has 30 heavy (non-hydrogen) atoms. The van der Waals surface area contributed by atoms with Crippen LogP contribution in [0, 0.1) is 12.7 Å². The molecule has 152 valence electrons. The van der Waals surface area contributed by atoms with Crippen molar-refractivity contribution in [3.05, 3.63) is 65.5 Å². The number of nitrogens with zero attached hydrogens (tertiary/aromatic N) is 5. The summed E-state index contributed by atoms with van der Waals surface area (Å²) in [4.78, 5) is 17.9. The molecule has 1 N–H and O–H groups in total. The van der Waals surface area contributed by atoms with E-state index in [4.69, 9.17) is 4.98 Å². The Bertz CT molecular complexity index is 1270. The van der Waals surface area contributed by atoms with E-state index < -0.39 is 5.82 Å². The Balaban J connectivity index is 1.61. The molecule has 0 spiro atoms.